The third kappa shape index (κ3) is 3.18. The molecule has 152 valence electrons. The van der Waals surface area contributed by atoms with Crippen LogP contribution < -0.4 is 4.90 Å². The number of carbonyl (C=O) groups excluding carboxylic acids is 2. The highest BCUT2D eigenvalue weighted by Crippen LogP contribution is 2.34. The highest BCUT2D eigenvalue weighted by molar-refractivity contribution is 6.10. The van der Waals surface area contributed by atoms with E-state index >= 15 is 0 Å². The third-order valence-corrected chi connectivity index (χ3v) is 5.34. The van der Waals surface area contributed by atoms with E-state index in [0.29, 0.717) is 34.9 Å². The molecule has 0 atom stereocenters. The van der Waals surface area contributed by atoms with Crippen LogP contribution in [0.4, 0.5) is 10.2 Å². The van der Waals surface area contributed by atoms with Crippen LogP contribution >= 0.6 is 0 Å². The minimum atomic E-state index is -0.382. The molecule has 31 heavy (non-hydrogen) atoms. The predicted octanol–water partition coefficient (Wildman–Crippen LogP) is 3.66. The summed E-state index contributed by atoms with van der Waals surface area (Å²) in [6.45, 7) is 0.364. The molecule has 0 unspecified atom stereocenters. The molecule has 0 saturated heterocycles. The first-order chi connectivity index (χ1) is 15.0. The molecule has 0 aliphatic carbocycles. The van der Waals surface area contributed by atoms with Gasteiger partial charge in [-0.15, -0.1) is 10.2 Å². The van der Waals surface area contributed by atoms with Gasteiger partial charge in [0.1, 0.15) is 24.2 Å². The van der Waals surface area contributed by atoms with E-state index in [1.807, 2.05) is 0 Å². The molecule has 7 nitrogen and oxygen atoms in total. The Morgan fingerprint density at radius 1 is 1.03 bits per heavy atom. The maximum atomic E-state index is 14.0. The second-order valence-corrected chi connectivity index (χ2v) is 7.28. The van der Waals surface area contributed by atoms with Crippen molar-refractivity contribution in [2.45, 2.75) is 6.54 Å². The average Bonchev–Trinajstić information content (AvgIpc) is 3.36. The number of halogens is 1. The van der Waals surface area contributed by atoms with Gasteiger partial charge in [0.05, 0.1) is 6.54 Å². The van der Waals surface area contributed by atoms with Crippen molar-refractivity contribution < 1.29 is 14.0 Å². The maximum Gasteiger partial charge on any atom is 0.260 e. The van der Waals surface area contributed by atoms with Crippen molar-refractivity contribution >= 4 is 18.0 Å². The molecule has 2 aromatic carbocycles. The molecular formula is C23H16FN5O2. The molecule has 0 bridgehead atoms. The number of amides is 1. The van der Waals surface area contributed by atoms with Crippen LogP contribution in [0.15, 0.2) is 61.1 Å². The minimum absolute atomic E-state index is 0.212. The van der Waals surface area contributed by atoms with Gasteiger partial charge in [-0.3, -0.25) is 14.5 Å². The Morgan fingerprint density at radius 2 is 1.90 bits per heavy atom. The van der Waals surface area contributed by atoms with E-state index in [-0.39, 0.29) is 11.7 Å². The topological polar surface area (TPSA) is 81.0 Å². The first-order valence-corrected chi connectivity index (χ1v) is 9.55. The summed E-state index contributed by atoms with van der Waals surface area (Å²) in [4.78, 5) is 30.0. The van der Waals surface area contributed by atoms with Gasteiger partial charge in [-0.2, -0.15) is 0 Å². The summed E-state index contributed by atoms with van der Waals surface area (Å²) in [5.41, 5.74) is 3.88. The van der Waals surface area contributed by atoms with Crippen molar-refractivity contribution in [2.75, 3.05) is 4.90 Å². The van der Waals surface area contributed by atoms with Gasteiger partial charge < -0.3 is 4.57 Å². The van der Waals surface area contributed by atoms with E-state index < -0.39 is 0 Å². The zero-order chi connectivity index (χ0) is 21.5. The number of nitrogens with zero attached hydrogens (tertiary/aromatic N) is 5. The lowest BCUT2D eigenvalue weighted by Crippen LogP contribution is -2.24. The number of aldehydes is 1. The Bertz CT molecular complexity index is 1350. The lowest BCUT2D eigenvalue weighted by atomic mass is 9.99. The van der Waals surface area contributed by atoms with Crippen LogP contribution in [-0.4, -0.2) is 31.9 Å². The molecule has 1 aliphatic rings. The lowest BCUT2D eigenvalue weighted by Gasteiger charge is -2.16. The summed E-state index contributed by atoms with van der Waals surface area (Å²) < 4.78 is 15.7. The zero-order valence-electron chi connectivity index (χ0n) is 16.5. The number of aryl methyl sites for hydroxylation is 1. The number of fused-ring (bicyclic) bond motifs is 1. The molecule has 4 aromatic rings. The number of hydrogen-bond acceptors (Lipinski definition) is 5. The van der Waals surface area contributed by atoms with Crippen LogP contribution in [0.25, 0.3) is 22.5 Å². The van der Waals surface area contributed by atoms with E-state index in [0.717, 1.165) is 23.0 Å². The molecule has 0 radical (unpaired) electrons. The van der Waals surface area contributed by atoms with Gasteiger partial charge >= 0.3 is 0 Å². The Kier molecular flexibility index (Phi) is 4.39. The summed E-state index contributed by atoms with van der Waals surface area (Å²) >= 11 is 0. The Hall–Kier alpha value is -4.20. The van der Waals surface area contributed by atoms with E-state index in [4.69, 9.17) is 0 Å². The number of benzene rings is 2. The molecule has 3 heterocycles. The van der Waals surface area contributed by atoms with E-state index in [2.05, 4.69) is 15.2 Å². The van der Waals surface area contributed by atoms with Crippen molar-refractivity contribution in [1.82, 2.24) is 19.7 Å². The number of carbonyl (C=O) groups is 2. The monoisotopic (exact) mass is 413 g/mol. The van der Waals surface area contributed by atoms with Gasteiger partial charge in [-0.25, -0.2) is 9.37 Å². The number of rotatable bonds is 4. The minimum Gasteiger partial charge on any atom is -0.317 e. The van der Waals surface area contributed by atoms with Crippen LogP contribution in [-0.2, 0) is 13.6 Å². The molecule has 8 heteroatoms. The first-order valence-electron chi connectivity index (χ1n) is 9.55. The van der Waals surface area contributed by atoms with Crippen LogP contribution in [0.1, 0.15) is 26.3 Å². The van der Waals surface area contributed by atoms with Crippen LogP contribution in [0.5, 0.6) is 0 Å². The van der Waals surface area contributed by atoms with Gasteiger partial charge in [-0.05, 0) is 47.0 Å². The lowest BCUT2D eigenvalue weighted by molar-refractivity contribution is 0.0996. The van der Waals surface area contributed by atoms with E-state index in [1.165, 1.54) is 12.1 Å². The number of anilines is 1. The summed E-state index contributed by atoms with van der Waals surface area (Å²) in [5.74, 6) is 0.404. The molecule has 0 spiro atoms. The number of aromatic nitrogens is 4. The van der Waals surface area contributed by atoms with Crippen molar-refractivity contribution in [3.05, 3.63) is 83.6 Å². The van der Waals surface area contributed by atoms with Crippen molar-refractivity contribution in [3.63, 3.8) is 0 Å². The fourth-order valence-corrected chi connectivity index (χ4v) is 3.79. The molecule has 1 aliphatic heterocycles. The van der Waals surface area contributed by atoms with Gasteiger partial charge in [0.2, 0.25) is 0 Å². The largest absolute Gasteiger partial charge is 0.317 e. The summed E-state index contributed by atoms with van der Waals surface area (Å²) in [5, 5.41) is 8.00. The van der Waals surface area contributed by atoms with Crippen molar-refractivity contribution in [2.24, 2.45) is 7.05 Å². The summed E-state index contributed by atoms with van der Waals surface area (Å²) in [7, 11) is 1.79. The summed E-state index contributed by atoms with van der Waals surface area (Å²) in [6, 6.07) is 13.1. The number of hydrogen-bond donors (Lipinski definition) is 0. The Morgan fingerprint density at radius 3 is 2.68 bits per heavy atom. The quantitative estimate of drug-likeness (QED) is 0.477. The molecule has 1 amide bonds. The normalized spacial score (nSPS) is 12.8. The van der Waals surface area contributed by atoms with E-state index in [1.54, 1.807) is 65.4 Å². The molecule has 0 N–H and O–H groups in total. The van der Waals surface area contributed by atoms with Gasteiger partial charge in [-0.1, -0.05) is 18.2 Å². The molecule has 0 saturated carbocycles. The maximum absolute atomic E-state index is 14.0. The fraction of sp³-hybridized carbons (Fsp3) is 0.0870. The third-order valence-electron chi connectivity index (χ3n) is 5.34. The first kappa shape index (κ1) is 18.8. The van der Waals surface area contributed by atoms with E-state index in [9.17, 15) is 14.0 Å². The van der Waals surface area contributed by atoms with Gasteiger partial charge in [0, 0.05) is 29.9 Å². The predicted molar refractivity (Wildman–Crippen MR) is 112 cm³/mol. The van der Waals surface area contributed by atoms with Crippen LogP contribution in [0, 0.1) is 5.82 Å². The highest BCUT2D eigenvalue weighted by atomic mass is 19.1. The summed E-state index contributed by atoms with van der Waals surface area (Å²) in [6.07, 6.45) is 3.88. The van der Waals surface area contributed by atoms with Gasteiger partial charge in [0.25, 0.3) is 5.91 Å². The Labute approximate surface area is 176 Å². The molecule has 2 aromatic heterocycles. The smallest absolute Gasteiger partial charge is 0.260 e. The highest BCUT2D eigenvalue weighted by Gasteiger charge is 2.29. The van der Waals surface area contributed by atoms with Gasteiger partial charge in [0.15, 0.2) is 5.82 Å². The average molecular weight is 413 g/mol. The van der Waals surface area contributed by atoms with Crippen molar-refractivity contribution in [1.29, 1.82) is 0 Å². The Balaban J connectivity index is 1.57. The molecular weight excluding hydrogens is 397 g/mol. The van der Waals surface area contributed by atoms with Crippen LogP contribution in [0.2, 0.25) is 0 Å². The zero-order valence-corrected chi connectivity index (χ0v) is 16.5. The van der Waals surface area contributed by atoms with Crippen LogP contribution in [0.3, 0.4) is 0 Å². The number of pyridine rings is 1. The second-order valence-electron chi connectivity index (χ2n) is 7.28. The standard InChI is InChI=1S/C23H16FN5O2/c1-28-13-26-27-22(28)20-10-17(24)4-5-18(20)15-6-7-25-21(9-15)29-11-16-3-2-14(12-30)8-19(16)23(29)31/h2-10,12-13H,11H2,1H3. The second kappa shape index (κ2) is 7.24. The molecule has 5 rings (SSSR count). The van der Waals surface area contributed by atoms with Crippen molar-refractivity contribution in [3.8, 4) is 22.5 Å². The fourth-order valence-electron chi connectivity index (χ4n) is 3.79. The SMILES string of the molecule is Cn1cnnc1-c1cc(F)ccc1-c1ccnc(N2Cc3ccc(C=O)cc3C2=O)c1. The molecule has 0 fully saturated rings.